The summed E-state index contributed by atoms with van der Waals surface area (Å²) in [4.78, 5) is 27.7. The third-order valence-electron chi connectivity index (χ3n) is 2.33. The molecular weight excluding hydrogens is 246 g/mol. The average Bonchev–Trinajstić information content (AvgIpc) is 2.42. The maximum atomic E-state index is 12.0. The Bertz CT molecular complexity index is 546. The van der Waals surface area contributed by atoms with Crippen LogP contribution in [0.15, 0.2) is 24.5 Å². The molecule has 6 heteroatoms. The van der Waals surface area contributed by atoms with Gasteiger partial charge in [-0.2, -0.15) is 5.26 Å². The molecule has 98 valence electrons. The zero-order valence-electron chi connectivity index (χ0n) is 10.4. The number of nitrogens with zero attached hydrogens (tertiary/aromatic N) is 3. The van der Waals surface area contributed by atoms with E-state index in [1.54, 1.807) is 13.1 Å². The highest BCUT2D eigenvalue weighted by atomic mass is 16.4. The minimum atomic E-state index is -1.07. The van der Waals surface area contributed by atoms with Crippen molar-refractivity contribution in [2.75, 3.05) is 13.6 Å². The monoisotopic (exact) mass is 259 g/mol. The molecule has 0 aliphatic heterocycles. The molecule has 0 atom stereocenters. The van der Waals surface area contributed by atoms with Crippen molar-refractivity contribution in [3.05, 3.63) is 35.7 Å². The normalized spacial score (nSPS) is 10.1. The molecule has 0 aliphatic rings. The Labute approximate surface area is 110 Å². The van der Waals surface area contributed by atoms with Gasteiger partial charge in [0.25, 0.3) is 5.91 Å². The first kappa shape index (κ1) is 14.4. The summed E-state index contributed by atoms with van der Waals surface area (Å²) in [6.07, 6.45) is 5.47. The van der Waals surface area contributed by atoms with E-state index in [1.807, 2.05) is 6.07 Å². The van der Waals surface area contributed by atoms with Gasteiger partial charge in [0.05, 0.1) is 18.1 Å². The average molecular weight is 259 g/mol. The first-order valence-electron chi connectivity index (χ1n) is 5.53. The number of hydrogen-bond acceptors (Lipinski definition) is 4. The lowest BCUT2D eigenvalue weighted by Crippen LogP contribution is -2.27. The summed E-state index contributed by atoms with van der Waals surface area (Å²) in [6, 6.07) is 3.52. The van der Waals surface area contributed by atoms with Gasteiger partial charge in [0, 0.05) is 32.1 Å². The SMILES string of the molecule is CN(CCC#N)C(=O)c1cncc(C=CC(=O)O)c1. The van der Waals surface area contributed by atoms with Gasteiger partial charge < -0.3 is 10.0 Å². The van der Waals surface area contributed by atoms with Crippen LogP contribution < -0.4 is 0 Å². The Morgan fingerprint density at radius 1 is 1.53 bits per heavy atom. The van der Waals surface area contributed by atoms with Crippen LogP contribution in [0.25, 0.3) is 6.08 Å². The molecule has 0 spiro atoms. The predicted octanol–water partition coefficient (Wildman–Crippen LogP) is 1.17. The molecule has 1 rings (SSSR count). The maximum absolute atomic E-state index is 12.0. The Morgan fingerprint density at radius 3 is 2.89 bits per heavy atom. The topological polar surface area (TPSA) is 94.3 Å². The van der Waals surface area contributed by atoms with E-state index in [2.05, 4.69) is 4.98 Å². The van der Waals surface area contributed by atoms with Gasteiger partial charge in [-0.05, 0) is 17.7 Å². The number of pyridine rings is 1. The number of carbonyl (C=O) groups is 2. The van der Waals surface area contributed by atoms with Crippen LogP contribution in [0.3, 0.4) is 0 Å². The summed E-state index contributed by atoms with van der Waals surface area (Å²) in [7, 11) is 1.60. The van der Waals surface area contributed by atoms with Crippen LogP contribution in [0.5, 0.6) is 0 Å². The van der Waals surface area contributed by atoms with E-state index in [4.69, 9.17) is 10.4 Å². The molecule has 0 bridgehead atoms. The van der Waals surface area contributed by atoms with Crippen LogP contribution >= 0.6 is 0 Å². The lowest BCUT2D eigenvalue weighted by Gasteiger charge is -2.15. The van der Waals surface area contributed by atoms with Crippen LogP contribution in [0.4, 0.5) is 0 Å². The second kappa shape index (κ2) is 6.91. The molecule has 1 amide bonds. The van der Waals surface area contributed by atoms with E-state index >= 15 is 0 Å². The minimum Gasteiger partial charge on any atom is -0.478 e. The van der Waals surface area contributed by atoms with Crippen molar-refractivity contribution in [1.82, 2.24) is 9.88 Å². The van der Waals surface area contributed by atoms with Gasteiger partial charge in [-0.1, -0.05) is 0 Å². The van der Waals surface area contributed by atoms with E-state index in [1.165, 1.54) is 23.4 Å². The highest BCUT2D eigenvalue weighted by Crippen LogP contribution is 2.07. The summed E-state index contributed by atoms with van der Waals surface area (Å²) < 4.78 is 0. The molecular formula is C13H13N3O3. The molecule has 0 fully saturated rings. The summed E-state index contributed by atoms with van der Waals surface area (Å²) >= 11 is 0. The number of nitriles is 1. The van der Waals surface area contributed by atoms with Crippen LogP contribution in [0.1, 0.15) is 22.3 Å². The molecule has 0 aliphatic carbocycles. The molecule has 1 aromatic rings. The smallest absolute Gasteiger partial charge is 0.328 e. The Kier molecular flexibility index (Phi) is 5.23. The van der Waals surface area contributed by atoms with Gasteiger partial charge in [-0.25, -0.2) is 4.79 Å². The van der Waals surface area contributed by atoms with Crippen LogP contribution in [-0.2, 0) is 4.79 Å². The maximum Gasteiger partial charge on any atom is 0.328 e. The summed E-state index contributed by atoms with van der Waals surface area (Å²) in [5.74, 6) is -1.32. The van der Waals surface area contributed by atoms with Crippen LogP contribution in [0.2, 0.25) is 0 Å². The van der Waals surface area contributed by atoms with Gasteiger partial charge in [-0.15, -0.1) is 0 Å². The Hall–Kier alpha value is -2.68. The zero-order valence-corrected chi connectivity index (χ0v) is 10.4. The number of carboxylic acid groups (broad SMARTS) is 1. The standard InChI is InChI=1S/C13H13N3O3/c1-16(6-2-5-14)13(19)11-7-10(8-15-9-11)3-4-12(17)18/h3-4,7-9H,2,6H2,1H3,(H,17,18). The van der Waals surface area contributed by atoms with Crippen molar-refractivity contribution in [2.45, 2.75) is 6.42 Å². The fraction of sp³-hybridized carbons (Fsp3) is 0.231. The quantitative estimate of drug-likeness (QED) is 0.801. The number of carbonyl (C=O) groups excluding carboxylic acids is 1. The third kappa shape index (κ3) is 4.60. The molecule has 1 aromatic heterocycles. The van der Waals surface area contributed by atoms with Crippen molar-refractivity contribution in [3.8, 4) is 6.07 Å². The lowest BCUT2D eigenvalue weighted by atomic mass is 10.1. The van der Waals surface area contributed by atoms with Crippen molar-refractivity contribution in [2.24, 2.45) is 0 Å². The second-order valence-corrected chi connectivity index (χ2v) is 3.81. The van der Waals surface area contributed by atoms with Crippen LogP contribution in [-0.4, -0.2) is 40.5 Å². The number of aliphatic carboxylic acids is 1. The summed E-state index contributed by atoms with van der Waals surface area (Å²) in [6.45, 7) is 0.338. The number of rotatable bonds is 5. The fourth-order valence-electron chi connectivity index (χ4n) is 1.37. The van der Waals surface area contributed by atoms with Crippen molar-refractivity contribution in [1.29, 1.82) is 5.26 Å². The molecule has 0 aromatic carbocycles. The minimum absolute atomic E-state index is 0.256. The van der Waals surface area contributed by atoms with Crippen molar-refractivity contribution >= 4 is 18.0 Å². The van der Waals surface area contributed by atoms with E-state index < -0.39 is 5.97 Å². The third-order valence-corrected chi connectivity index (χ3v) is 2.33. The number of hydrogen-bond donors (Lipinski definition) is 1. The van der Waals surface area contributed by atoms with Gasteiger partial charge in [0.1, 0.15) is 0 Å². The zero-order chi connectivity index (χ0) is 14.3. The second-order valence-electron chi connectivity index (χ2n) is 3.81. The lowest BCUT2D eigenvalue weighted by molar-refractivity contribution is -0.131. The molecule has 1 heterocycles. The molecule has 0 radical (unpaired) electrons. The Morgan fingerprint density at radius 2 is 2.26 bits per heavy atom. The number of amides is 1. The number of aromatic nitrogens is 1. The van der Waals surface area contributed by atoms with Crippen molar-refractivity contribution in [3.63, 3.8) is 0 Å². The highest BCUT2D eigenvalue weighted by molar-refractivity contribution is 5.94. The van der Waals surface area contributed by atoms with Gasteiger partial charge >= 0.3 is 5.97 Å². The van der Waals surface area contributed by atoms with E-state index in [0.29, 0.717) is 17.7 Å². The van der Waals surface area contributed by atoms with Crippen LogP contribution in [0, 0.1) is 11.3 Å². The number of carboxylic acids is 1. The summed E-state index contributed by atoms with van der Waals surface area (Å²) in [5, 5.41) is 17.0. The van der Waals surface area contributed by atoms with Gasteiger partial charge in [0.15, 0.2) is 0 Å². The molecule has 0 unspecified atom stereocenters. The first-order valence-corrected chi connectivity index (χ1v) is 5.53. The molecule has 1 N–H and O–H groups in total. The van der Waals surface area contributed by atoms with Gasteiger partial charge in [0.2, 0.25) is 0 Å². The van der Waals surface area contributed by atoms with E-state index in [-0.39, 0.29) is 12.3 Å². The Balaban J connectivity index is 2.84. The van der Waals surface area contributed by atoms with Crippen molar-refractivity contribution < 1.29 is 14.7 Å². The summed E-state index contributed by atoms with van der Waals surface area (Å²) in [5.41, 5.74) is 0.884. The molecule has 0 saturated heterocycles. The largest absolute Gasteiger partial charge is 0.478 e. The molecule has 19 heavy (non-hydrogen) atoms. The highest BCUT2D eigenvalue weighted by Gasteiger charge is 2.11. The molecule has 0 saturated carbocycles. The predicted molar refractivity (Wildman–Crippen MR) is 68.1 cm³/mol. The van der Waals surface area contributed by atoms with E-state index in [9.17, 15) is 9.59 Å². The fourth-order valence-corrected chi connectivity index (χ4v) is 1.37. The molecule has 6 nitrogen and oxygen atoms in total. The van der Waals surface area contributed by atoms with Gasteiger partial charge in [-0.3, -0.25) is 9.78 Å². The first-order chi connectivity index (χ1) is 9.04. The van der Waals surface area contributed by atoms with E-state index in [0.717, 1.165) is 6.08 Å².